The van der Waals surface area contributed by atoms with E-state index in [9.17, 15) is 13.2 Å². The Morgan fingerprint density at radius 2 is 1.95 bits per heavy atom. The van der Waals surface area contributed by atoms with Gasteiger partial charge in [-0.2, -0.15) is 13.2 Å². The summed E-state index contributed by atoms with van der Waals surface area (Å²) in [6.07, 6.45) is -2.90. The third-order valence-corrected chi connectivity index (χ3v) is 3.98. The number of hydrogen-bond donors (Lipinski definition) is 1. The minimum absolute atomic E-state index is 0.182. The van der Waals surface area contributed by atoms with Crippen molar-refractivity contribution in [3.63, 3.8) is 0 Å². The molecule has 1 aromatic carbocycles. The topological polar surface area (TPSA) is 25.2 Å². The van der Waals surface area contributed by atoms with Crippen molar-refractivity contribution in [1.29, 1.82) is 0 Å². The Kier molecular flexibility index (Phi) is 4.45. The standard InChI is InChI=1S/C14H14F3NOS/c1-9-12(5-6-19-9)20-13-4-3-10(8-18-2)7-11(13)14(15,16)17/h3-7,18H,8H2,1-2H3. The van der Waals surface area contributed by atoms with Crippen LogP contribution in [-0.2, 0) is 12.7 Å². The molecule has 0 saturated heterocycles. The lowest BCUT2D eigenvalue weighted by molar-refractivity contribution is -0.139. The first-order valence-corrected chi connectivity index (χ1v) is 6.80. The van der Waals surface area contributed by atoms with Gasteiger partial charge in [0.25, 0.3) is 0 Å². The highest BCUT2D eigenvalue weighted by atomic mass is 32.2. The zero-order valence-electron chi connectivity index (χ0n) is 11.0. The molecule has 0 aliphatic heterocycles. The highest BCUT2D eigenvalue weighted by Crippen LogP contribution is 2.41. The van der Waals surface area contributed by atoms with Crippen LogP contribution in [0.5, 0.6) is 0 Å². The highest BCUT2D eigenvalue weighted by molar-refractivity contribution is 7.99. The molecule has 2 rings (SSSR count). The molecule has 1 heterocycles. The Hall–Kier alpha value is -1.40. The molecule has 0 saturated carbocycles. The summed E-state index contributed by atoms with van der Waals surface area (Å²) in [6, 6.07) is 6.06. The first-order valence-electron chi connectivity index (χ1n) is 5.98. The molecule has 2 nitrogen and oxygen atoms in total. The predicted molar refractivity (Wildman–Crippen MR) is 71.8 cm³/mol. The normalized spacial score (nSPS) is 11.8. The first kappa shape index (κ1) is 15.0. The summed E-state index contributed by atoms with van der Waals surface area (Å²) in [5.74, 6) is 0.613. The lowest BCUT2D eigenvalue weighted by atomic mass is 10.1. The average Bonchev–Trinajstić information content (AvgIpc) is 2.76. The average molecular weight is 301 g/mol. The SMILES string of the molecule is CNCc1ccc(Sc2ccoc2C)c(C(F)(F)F)c1. The Bertz CT molecular complexity index is 592. The molecule has 2 aromatic rings. The summed E-state index contributed by atoms with van der Waals surface area (Å²) >= 11 is 1.07. The summed E-state index contributed by atoms with van der Waals surface area (Å²) in [4.78, 5) is 0.874. The zero-order valence-corrected chi connectivity index (χ0v) is 11.9. The molecule has 0 bridgehead atoms. The molecule has 0 atom stereocenters. The van der Waals surface area contributed by atoms with Gasteiger partial charge in [0.05, 0.1) is 16.7 Å². The molecule has 0 aliphatic carbocycles. The monoisotopic (exact) mass is 301 g/mol. The van der Waals surface area contributed by atoms with E-state index in [1.54, 1.807) is 26.1 Å². The van der Waals surface area contributed by atoms with E-state index in [2.05, 4.69) is 5.32 Å². The van der Waals surface area contributed by atoms with E-state index < -0.39 is 11.7 Å². The van der Waals surface area contributed by atoms with E-state index in [-0.39, 0.29) is 4.90 Å². The van der Waals surface area contributed by atoms with Crippen molar-refractivity contribution in [3.05, 3.63) is 47.4 Å². The molecular weight excluding hydrogens is 287 g/mol. The molecule has 0 spiro atoms. The van der Waals surface area contributed by atoms with Crippen molar-refractivity contribution in [3.8, 4) is 0 Å². The molecule has 1 aromatic heterocycles. The van der Waals surface area contributed by atoms with Crippen LogP contribution in [0.2, 0.25) is 0 Å². The van der Waals surface area contributed by atoms with Crippen LogP contribution in [0.4, 0.5) is 13.2 Å². The fraction of sp³-hybridized carbons (Fsp3) is 0.286. The van der Waals surface area contributed by atoms with Gasteiger partial charge in [0.15, 0.2) is 0 Å². The van der Waals surface area contributed by atoms with Crippen LogP contribution in [0.1, 0.15) is 16.9 Å². The molecule has 1 N–H and O–H groups in total. The molecule has 20 heavy (non-hydrogen) atoms. The second-order valence-corrected chi connectivity index (χ2v) is 5.39. The number of aryl methyl sites for hydroxylation is 1. The van der Waals surface area contributed by atoms with Crippen LogP contribution in [0.3, 0.4) is 0 Å². The van der Waals surface area contributed by atoms with Gasteiger partial charge in [-0.05, 0) is 37.7 Å². The van der Waals surface area contributed by atoms with Gasteiger partial charge >= 0.3 is 6.18 Å². The Morgan fingerprint density at radius 1 is 1.20 bits per heavy atom. The fourth-order valence-electron chi connectivity index (χ4n) is 1.80. The molecular formula is C14H14F3NOS. The van der Waals surface area contributed by atoms with Gasteiger partial charge in [-0.25, -0.2) is 0 Å². The lowest BCUT2D eigenvalue weighted by Crippen LogP contribution is -2.10. The van der Waals surface area contributed by atoms with E-state index in [0.29, 0.717) is 22.8 Å². The number of alkyl halides is 3. The lowest BCUT2D eigenvalue weighted by Gasteiger charge is -2.14. The minimum Gasteiger partial charge on any atom is -0.468 e. The van der Waals surface area contributed by atoms with Crippen molar-refractivity contribution >= 4 is 11.8 Å². The quantitative estimate of drug-likeness (QED) is 0.901. The summed E-state index contributed by atoms with van der Waals surface area (Å²) in [5, 5.41) is 2.85. The number of halogens is 3. The number of rotatable bonds is 4. The molecule has 0 aliphatic rings. The van der Waals surface area contributed by atoms with Crippen molar-refractivity contribution in [2.24, 2.45) is 0 Å². The smallest absolute Gasteiger partial charge is 0.417 e. The highest BCUT2D eigenvalue weighted by Gasteiger charge is 2.34. The van der Waals surface area contributed by atoms with Gasteiger partial charge in [-0.15, -0.1) is 0 Å². The van der Waals surface area contributed by atoms with E-state index in [1.165, 1.54) is 18.4 Å². The van der Waals surface area contributed by atoms with E-state index >= 15 is 0 Å². The van der Waals surface area contributed by atoms with Crippen molar-refractivity contribution in [1.82, 2.24) is 5.32 Å². The molecule has 0 fully saturated rings. The summed E-state index contributed by atoms with van der Waals surface area (Å²) in [7, 11) is 1.70. The first-order chi connectivity index (χ1) is 9.41. The number of nitrogens with one attached hydrogen (secondary N) is 1. The molecule has 0 unspecified atom stereocenters. The van der Waals surface area contributed by atoms with Crippen LogP contribution < -0.4 is 5.32 Å². The van der Waals surface area contributed by atoms with Gasteiger partial charge in [-0.1, -0.05) is 17.8 Å². The fourth-order valence-corrected chi connectivity index (χ4v) is 2.77. The molecule has 0 radical (unpaired) electrons. The van der Waals surface area contributed by atoms with Gasteiger partial charge < -0.3 is 9.73 Å². The minimum atomic E-state index is -4.37. The Morgan fingerprint density at radius 3 is 2.50 bits per heavy atom. The van der Waals surface area contributed by atoms with E-state index in [1.807, 2.05) is 0 Å². The largest absolute Gasteiger partial charge is 0.468 e. The second-order valence-electron chi connectivity index (χ2n) is 4.30. The van der Waals surface area contributed by atoms with Crippen molar-refractivity contribution in [2.75, 3.05) is 7.05 Å². The Balaban J connectivity index is 2.39. The summed E-state index contributed by atoms with van der Waals surface area (Å²) < 4.78 is 44.5. The number of benzene rings is 1. The van der Waals surface area contributed by atoms with Gasteiger partial charge in [0.1, 0.15) is 5.76 Å². The van der Waals surface area contributed by atoms with Gasteiger partial charge in [0.2, 0.25) is 0 Å². The number of hydrogen-bond acceptors (Lipinski definition) is 3. The van der Waals surface area contributed by atoms with E-state index in [4.69, 9.17) is 4.42 Å². The summed E-state index contributed by atoms with van der Waals surface area (Å²) in [6.45, 7) is 2.13. The predicted octanol–water partition coefficient (Wildman–Crippen LogP) is 4.48. The summed E-state index contributed by atoms with van der Waals surface area (Å²) in [5.41, 5.74) is -0.0102. The van der Waals surface area contributed by atoms with Gasteiger partial charge in [0, 0.05) is 11.4 Å². The maximum Gasteiger partial charge on any atom is 0.417 e. The molecule has 108 valence electrons. The van der Waals surface area contributed by atoms with Crippen LogP contribution in [-0.4, -0.2) is 7.05 Å². The maximum absolute atomic E-state index is 13.1. The van der Waals surface area contributed by atoms with Crippen molar-refractivity contribution < 1.29 is 17.6 Å². The molecule has 0 amide bonds. The maximum atomic E-state index is 13.1. The third-order valence-electron chi connectivity index (χ3n) is 2.76. The van der Waals surface area contributed by atoms with Crippen molar-refractivity contribution in [2.45, 2.75) is 29.4 Å². The third kappa shape index (κ3) is 3.37. The van der Waals surface area contributed by atoms with Crippen LogP contribution in [0.25, 0.3) is 0 Å². The molecule has 6 heteroatoms. The number of furan rings is 1. The second kappa shape index (κ2) is 5.93. The van der Waals surface area contributed by atoms with Gasteiger partial charge in [-0.3, -0.25) is 0 Å². The Labute approximate surface area is 119 Å². The van der Waals surface area contributed by atoms with Crippen LogP contribution in [0.15, 0.2) is 44.7 Å². The zero-order chi connectivity index (χ0) is 14.8. The van der Waals surface area contributed by atoms with E-state index in [0.717, 1.165) is 11.8 Å². The van der Waals surface area contributed by atoms with Crippen LogP contribution in [0, 0.1) is 6.92 Å². The van der Waals surface area contributed by atoms with Crippen LogP contribution >= 0.6 is 11.8 Å².